The summed E-state index contributed by atoms with van der Waals surface area (Å²) in [6, 6.07) is 7.94. The first-order valence-corrected chi connectivity index (χ1v) is 7.38. The number of ether oxygens (including phenoxy) is 1. The number of anilines is 1. The van der Waals surface area contributed by atoms with Gasteiger partial charge in [-0.15, -0.1) is 11.3 Å². The normalized spacial score (nSPS) is 10.2. The molecule has 0 amide bonds. The number of rotatable bonds is 3. The highest BCUT2D eigenvalue weighted by Gasteiger charge is 2.18. The third-order valence-electron chi connectivity index (χ3n) is 2.92. The smallest absolute Gasteiger partial charge is 0.128 e. The first-order chi connectivity index (χ1) is 9.12. The predicted molar refractivity (Wildman–Crippen MR) is 82.5 cm³/mol. The molecule has 5 heteroatoms. The number of methoxy groups -OCH3 is 1. The molecule has 1 aromatic heterocycles. The van der Waals surface area contributed by atoms with Crippen molar-refractivity contribution in [2.24, 2.45) is 0 Å². The Morgan fingerprint density at radius 2 is 2.21 bits per heavy atom. The Bertz CT molecular complexity index is 658. The Balaban J connectivity index is 2.68. The van der Waals surface area contributed by atoms with Crippen LogP contribution in [0.2, 0.25) is 0 Å². The molecule has 19 heavy (non-hydrogen) atoms. The minimum atomic E-state index is 0.571. The highest BCUT2D eigenvalue weighted by Crippen LogP contribution is 2.42. The number of nitrogens with zero attached hydrogens (tertiary/aromatic N) is 1. The second-order valence-electron chi connectivity index (χ2n) is 3.96. The lowest BCUT2D eigenvalue weighted by Crippen LogP contribution is -1.92. The summed E-state index contributed by atoms with van der Waals surface area (Å²) in [6.07, 6.45) is 0.795. The number of halogens is 1. The highest BCUT2D eigenvalue weighted by molar-refractivity contribution is 9.10. The van der Waals surface area contributed by atoms with Crippen LogP contribution in [0.15, 0.2) is 22.7 Å². The molecular weight excluding hydrogens is 324 g/mol. The molecular formula is C14H13BrN2OS. The standard InChI is InChI=1S/C14H13BrN2OS/c1-3-9-13(17)12(7-16)19-14(9)10-6-8(18-2)4-5-11(10)15/h4-6H,3,17H2,1-2H3. The fourth-order valence-electron chi connectivity index (χ4n) is 1.93. The lowest BCUT2D eigenvalue weighted by Gasteiger charge is -2.08. The minimum absolute atomic E-state index is 0.571. The van der Waals surface area contributed by atoms with Crippen molar-refractivity contribution in [1.82, 2.24) is 0 Å². The summed E-state index contributed by atoms with van der Waals surface area (Å²) in [6.45, 7) is 2.04. The van der Waals surface area contributed by atoms with Crippen molar-refractivity contribution >= 4 is 33.0 Å². The first kappa shape index (κ1) is 13.9. The Morgan fingerprint density at radius 1 is 1.47 bits per heavy atom. The number of benzene rings is 1. The summed E-state index contributed by atoms with van der Waals surface area (Å²) >= 11 is 4.97. The van der Waals surface area contributed by atoms with E-state index in [4.69, 9.17) is 15.7 Å². The number of hydrogen-bond acceptors (Lipinski definition) is 4. The topological polar surface area (TPSA) is 59.0 Å². The molecule has 0 fully saturated rings. The van der Waals surface area contributed by atoms with Crippen molar-refractivity contribution in [1.29, 1.82) is 5.26 Å². The monoisotopic (exact) mass is 336 g/mol. The van der Waals surface area contributed by atoms with E-state index < -0.39 is 0 Å². The van der Waals surface area contributed by atoms with Crippen molar-refractivity contribution in [3.8, 4) is 22.3 Å². The van der Waals surface area contributed by atoms with Crippen molar-refractivity contribution in [3.63, 3.8) is 0 Å². The zero-order chi connectivity index (χ0) is 14.0. The Hall–Kier alpha value is -1.51. The van der Waals surface area contributed by atoms with E-state index in [1.54, 1.807) is 7.11 Å². The number of nitriles is 1. The van der Waals surface area contributed by atoms with Gasteiger partial charge in [-0.2, -0.15) is 5.26 Å². The molecule has 0 saturated carbocycles. The van der Waals surface area contributed by atoms with Gasteiger partial charge < -0.3 is 10.5 Å². The molecule has 2 aromatic rings. The van der Waals surface area contributed by atoms with Crippen LogP contribution < -0.4 is 10.5 Å². The maximum atomic E-state index is 9.11. The van der Waals surface area contributed by atoms with Gasteiger partial charge >= 0.3 is 0 Å². The number of nitrogen functional groups attached to an aromatic ring is 1. The average Bonchev–Trinajstić information content (AvgIpc) is 2.75. The van der Waals surface area contributed by atoms with E-state index in [9.17, 15) is 0 Å². The zero-order valence-electron chi connectivity index (χ0n) is 10.7. The number of nitrogens with two attached hydrogens (primary N) is 1. The molecule has 1 heterocycles. The van der Waals surface area contributed by atoms with E-state index in [0.29, 0.717) is 10.6 Å². The van der Waals surface area contributed by atoms with E-state index in [-0.39, 0.29) is 0 Å². The summed E-state index contributed by atoms with van der Waals surface area (Å²) in [7, 11) is 1.64. The maximum Gasteiger partial charge on any atom is 0.128 e. The Labute approximate surface area is 124 Å². The van der Waals surface area contributed by atoms with Crippen LogP contribution in [-0.4, -0.2) is 7.11 Å². The molecule has 98 valence electrons. The van der Waals surface area contributed by atoms with Crippen LogP contribution in [0, 0.1) is 11.3 Å². The number of hydrogen-bond donors (Lipinski definition) is 1. The van der Waals surface area contributed by atoms with Gasteiger partial charge in [-0.05, 0) is 30.2 Å². The summed E-state index contributed by atoms with van der Waals surface area (Å²) in [5, 5.41) is 9.11. The summed E-state index contributed by atoms with van der Waals surface area (Å²) in [5.74, 6) is 0.783. The van der Waals surface area contributed by atoms with E-state index in [2.05, 4.69) is 22.0 Å². The Kier molecular flexibility index (Phi) is 4.13. The van der Waals surface area contributed by atoms with Gasteiger partial charge in [-0.3, -0.25) is 0 Å². The largest absolute Gasteiger partial charge is 0.497 e. The average molecular weight is 337 g/mol. The molecule has 1 aromatic carbocycles. The summed E-state index contributed by atoms with van der Waals surface area (Å²) < 4.78 is 6.22. The van der Waals surface area contributed by atoms with E-state index >= 15 is 0 Å². The SMILES string of the molecule is CCc1c(-c2cc(OC)ccc2Br)sc(C#N)c1N. The van der Waals surface area contributed by atoms with Crippen molar-refractivity contribution in [2.45, 2.75) is 13.3 Å². The van der Waals surface area contributed by atoms with Gasteiger partial charge in [0, 0.05) is 14.9 Å². The molecule has 0 aliphatic carbocycles. The fourth-order valence-corrected chi connectivity index (χ4v) is 3.65. The van der Waals surface area contributed by atoms with Gasteiger partial charge in [0.2, 0.25) is 0 Å². The summed E-state index contributed by atoms with van der Waals surface area (Å²) in [4.78, 5) is 1.60. The van der Waals surface area contributed by atoms with E-state index in [1.165, 1.54) is 11.3 Å². The molecule has 3 nitrogen and oxygen atoms in total. The third-order valence-corrected chi connectivity index (χ3v) is 4.80. The second-order valence-corrected chi connectivity index (χ2v) is 5.84. The lowest BCUT2D eigenvalue weighted by molar-refractivity contribution is 0.415. The second kappa shape index (κ2) is 5.64. The van der Waals surface area contributed by atoms with Crippen molar-refractivity contribution in [2.75, 3.05) is 12.8 Å². The van der Waals surface area contributed by atoms with Gasteiger partial charge in [0.15, 0.2) is 0 Å². The Morgan fingerprint density at radius 3 is 2.79 bits per heavy atom. The molecule has 0 atom stereocenters. The van der Waals surface area contributed by atoms with E-state index in [1.807, 2.05) is 25.1 Å². The highest BCUT2D eigenvalue weighted by atomic mass is 79.9. The molecule has 0 aliphatic rings. The quantitative estimate of drug-likeness (QED) is 0.913. The van der Waals surface area contributed by atoms with Crippen LogP contribution >= 0.6 is 27.3 Å². The van der Waals surface area contributed by atoms with Crippen molar-refractivity contribution < 1.29 is 4.74 Å². The van der Waals surface area contributed by atoms with Crippen LogP contribution in [0.4, 0.5) is 5.69 Å². The molecule has 0 spiro atoms. The molecule has 0 aliphatic heterocycles. The van der Waals surface area contributed by atoms with Gasteiger partial charge in [0.1, 0.15) is 16.7 Å². The van der Waals surface area contributed by atoms with E-state index in [0.717, 1.165) is 32.6 Å². The first-order valence-electron chi connectivity index (χ1n) is 5.77. The third kappa shape index (κ3) is 2.46. The molecule has 2 rings (SSSR count). The predicted octanol–water partition coefficient (Wildman–Crippen LogP) is 4.20. The lowest BCUT2D eigenvalue weighted by atomic mass is 10.1. The van der Waals surface area contributed by atoms with Gasteiger partial charge in [0.25, 0.3) is 0 Å². The van der Waals surface area contributed by atoms with Gasteiger partial charge in [0.05, 0.1) is 12.8 Å². The van der Waals surface area contributed by atoms with Crippen LogP contribution in [0.3, 0.4) is 0 Å². The molecule has 0 unspecified atom stereocenters. The van der Waals surface area contributed by atoms with Crippen molar-refractivity contribution in [3.05, 3.63) is 33.1 Å². The molecule has 2 N–H and O–H groups in total. The molecule has 0 radical (unpaired) electrons. The zero-order valence-corrected chi connectivity index (χ0v) is 13.1. The minimum Gasteiger partial charge on any atom is -0.497 e. The number of thiophene rings is 1. The van der Waals surface area contributed by atoms with Crippen LogP contribution in [0.25, 0.3) is 10.4 Å². The fraction of sp³-hybridized carbons (Fsp3) is 0.214. The maximum absolute atomic E-state index is 9.11. The molecule has 0 saturated heterocycles. The van der Waals surface area contributed by atoms with Crippen LogP contribution in [-0.2, 0) is 6.42 Å². The van der Waals surface area contributed by atoms with Crippen LogP contribution in [0.1, 0.15) is 17.4 Å². The van der Waals surface area contributed by atoms with Gasteiger partial charge in [-0.25, -0.2) is 0 Å². The van der Waals surface area contributed by atoms with Gasteiger partial charge in [-0.1, -0.05) is 22.9 Å². The summed E-state index contributed by atoms with van der Waals surface area (Å²) in [5.41, 5.74) is 8.65. The molecule has 0 bridgehead atoms. The van der Waals surface area contributed by atoms with Crippen LogP contribution in [0.5, 0.6) is 5.75 Å².